The van der Waals surface area contributed by atoms with E-state index in [2.05, 4.69) is 20.2 Å². The van der Waals surface area contributed by atoms with Crippen LogP contribution in [0.1, 0.15) is 22.5 Å². The highest BCUT2D eigenvalue weighted by molar-refractivity contribution is 6.07. The Morgan fingerprint density at radius 3 is 2.72 bits per heavy atom. The smallest absolute Gasteiger partial charge is 0.307 e. The number of hydrogen-bond donors (Lipinski definition) is 1. The molecule has 0 atom stereocenters. The number of amides is 1. The lowest BCUT2D eigenvalue weighted by atomic mass is 10.1. The molecule has 0 aliphatic heterocycles. The molecule has 3 aromatic rings. The topological polar surface area (TPSA) is 94.3 Å². The van der Waals surface area contributed by atoms with E-state index in [0.717, 1.165) is 5.56 Å². The molecule has 1 N–H and O–H groups in total. The number of benzene rings is 1. The zero-order chi connectivity index (χ0) is 17.8. The summed E-state index contributed by atoms with van der Waals surface area (Å²) in [6, 6.07) is 11.2. The standard InChI is InChI=1S/C18H17N3O4/c1-11-16-13(17(23)19-9-8-15(22)24-2)10-14(20-18(16)25-21-11)12-6-4-3-5-7-12/h3-7,10H,8-9H2,1-2H3,(H,19,23). The number of rotatable bonds is 5. The Morgan fingerprint density at radius 1 is 1.24 bits per heavy atom. The molecule has 7 nitrogen and oxygen atoms in total. The number of carbonyl (C=O) groups is 2. The number of hydrogen-bond acceptors (Lipinski definition) is 6. The number of pyridine rings is 1. The second-order valence-electron chi connectivity index (χ2n) is 5.45. The second-order valence-corrected chi connectivity index (χ2v) is 5.45. The largest absolute Gasteiger partial charge is 0.469 e. The van der Waals surface area contributed by atoms with Crippen molar-refractivity contribution in [2.75, 3.05) is 13.7 Å². The molecule has 0 saturated carbocycles. The van der Waals surface area contributed by atoms with Crippen LogP contribution in [0, 0.1) is 6.92 Å². The molecular weight excluding hydrogens is 322 g/mol. The summed E-state index contributed by atoms with van der Waals surface area (Å²) in [6.07, 6.45) is 0.102. The van der Waals surface area contributed by atoms with E-state index in [9.17, 15) is 9.59 Å². The van der Waals surface area contributed by atoms with Crippen LogP contribution in [-0.4, -0.2) is 35.7 Å². The summed E-state index contributed by atoms with van der Waals surface area (Å²) in [5.74, 6) is -0.703. The lowest BCUT2D eigenvalue weighted by Crippen LogP contribution is -2.26. The van der Waals surface area contributed by atoms with Crippen LogP contribution in [0.25, 0.3) is 22.4 Å². The van der Waals surface area contributed by atoms with Crippen molar-refractivity contribution in [2.45, 2.75) is 13.3 Å². The second kappa shape index (κ2) is 7.12. The van der Waals surface area contributed by atoms with Gasteiger partial charge in [0.25, 0.3) is 11.6 Å². The van der Waals surface area contributed by atoms with Gasteiger partial charge in [-0.15, -0.1) is 0 Å². The molecule has 0 saturated heterocycles. The van der Waals surface area contributed by atoms with E-state index in [0.29, 0.717) is 28.1 Å². The molecule has 2 aromatic heterocycles. The van der Waals surface area contributed by atoms with Crippen LogP contribution in [0.2, 0.25) is 0 Å². The zero-order valence-corrected chi connectivity index (χ0v) is 13.9. The Balaban J connectivity index is 1.96. The fourth-order valence-electron chi connectivity index (χ4n) is 2.51. The highest BCUT2D eigenvalue weighted by Gasteiger charge is 2.19. The van der Waals surface area contributed by atoms with Crippen molar-refractivity contribution in [1.82, 2.24) is 15.5 Å². The van der Waals surface area contributed by atoms with Crippen LogP contribution in [0.3, 0.4) is 0 Å². The minimum atomic E-state index is -0.383. The zero-order valence-electron chi connectivity index (χ0n) is 13.9. The minimum absolute atomic E-state index is 0.102. The van der Waals surface area contributed by atoms with Crippen LogP contribution in [0.5, 0.6) is 0 Å². The molecule has 0 unspecified atom stereocenters. The number of carbonyl (C=O) groups excluding carboxylic acids is 2. The van der Waals surface area contributed by atoms with Crippen molar-refractivity contribution in [3.05, 3.63) is 47.7 Å². The van der Waals surface area contributed by atoms with Gasteiger partial charge in [-0.05, 0) is 13.0 Å². The number of fused-ring (bicyclic) bond motifs is 1. The summed E-state index contributed by atoms with van der Waals surface area (Å²) < 4.78 is 9.81. The summed E-state index contributed by atoms with van der Waals surface area (Å²) in [7, 11) is 1.31. The van der Waals surface area contributed by atoms with Crippen LogP contribution < -0.4 is 5.32 Å². The Labute approximate surface area is 144 Å². The van der Waals surface area contributed by atoms with Gasteiger partial charge in [0.05, 0.1) is 35.9 Å². The average Bonchev–Trinajstić information content (AvgIpc) is 3.02. The van der Waals surface area contributed by atoms with Crippen molar-refractivity contribution in [3.63, 3.8) is 0 Å². The first-order chi connectivity index (χ1) is 12.1. The number of aromatic nitrogens is 2. The summed E-state index contributed by atoms with van der Waals surface area (Å²) in [6.45, 7) is 1.93. The molecular formula is C18H17N3O4. The summed E-state index contributed by atoms with van der Waals surface area (Å²) >= 11 is 0. The third-order valence-corrected chi connectivity index (χ3v) is 3.77. The van der Waals surface area contributed by atoms with Gasteiger partial charge >= 0.3 is 5.97 Å². The predicted octanol–water partition coefficient (Wildman–Crippen LogP) is 2.49. The molecule has 1 aromatic carbocycles. The Kier molecular flexibility index (Phi) is 4.74. The molecule has 0 spiro atoms. The van der Waals surface area contributed by atoms with Crippen molar-refractivity contribution in [3.8, 4) is 11.3 Å². The van der Waals surface area contributed by atoms with Crippen molar-refractivity contribution in [1.29, 1.82) is 0 Å². The number of ether oxygens (including phenoxy) is 1. The normalized spacial score (nSPS) is 10.6. The molecule has 0 aliphatic rings. The van der Waals surface area contributed by atoms with Gasteiger partial charge in [-0.2, -0.15) is 0 Å². The molecule has 128 valence electrons. The monoisotopic (exact) mass is 339 g/mol. The SMILES string of the molecule is COC(=O)CCNC(=O)c1cc(-c2ccccc2)nc2onc(C)c12. The van der Waals surface area contributed by atoms with Crippen LogP contribution in [-0.2, 0) is 9.53 Å². The maximum Gasteiger partial charge on any atom is 0.307 e. The summed E-state index contributed by atoms with van der Waals surface area (Å²) in [5.41, 5.74) is 2.77. The van der Waals surface area contributed by atoms with Gasteiger partial charge in [-0.1, -0.05) is 35.5 Å². The van der Waals surface area contributed by atoms with E-state index >= 15 is 0 Å². The first kappa shape index (κ1) is 16.6. The number of nitrogens with one attached hydrogen (secondary N) is 1. The molecule has 25 heavy (non-hydrogen) atoms. The van der Waals surface area contributed by atoms with E-state index in [1.54, 1.807) is 13.0 Å². The first-order valence-corrected chi connectivity index (χ1v) is 7.77. The Bertz CT molecular complexity index is 919. The van der Waals surface area contributed by atoms with Crippen molar-refractivity contribution >= 4 is 23.0 Å². The number of aryl methyl sites for hydroxylation is 1. The highest BCUT2D eigenvalue weighted by Crippen LogP contribution is 2.26. The number of methoxy groups -OCH3 is 1. The maximum atomic E-state index is 12.6. The van der Waals surface area contributed by atoms with Gasteiger partial charge < -0.3 is 14.6 Å². The lowest BCUT2D eigenvalue weighted by molar-refractivity contribution is -0.140. The summed E-state index contributed by atoms with van der Waals surface area (Å²) in [4.78, 5) is 28.2. The van der Waals surface area contributed by atoms with E-state index in [1.165, 1.54) is 7.11 Å². The first-order valence-electron chi connectivity index (χ1n) is 7.77. The fraction of sp³-hybridized carbons (Fsp3) is 0.222. The quantitative estimate of drug-likeness (QED) is 0.718. The fourth-order valence-corrected chi connectivity index (χ4v) is 2.51. The number of nitrogens with zero attached hydrogens (tertiary/aromatic N) is 2. The third kappa shape index (κ3) is 3.50. The van der Waals surface area contributed by atoms with Gasteiger partial charge in [0.15, 0.2) is 0 Å². The molecule has 2 heterocycles. The van der Waals surface area contributed by atoms with E-state index in [1.807, 2.05) is 30.3 Å². The molecule has 7 heteroatoms. The minimum Gasteiger partial charge on any atom is -0.469 e. The van der Waals surface area contributed by atoms with Crippen LogP contribution in [0.15, 0.2) is 40.9 Å². The predicted molar refractivity (Wildman–Crippen MR) is 90.9 cm³/mol. The molecule has 0 fully saturated rings. The van der Waals surface area contributed by atoms with Gasteiger partial charge in [-0.3, -0.25) is 9.59 Å². The Hall–Kier alpha value is -3.22. The molecule has 1 amide bonds. The maximum absolute atomic E-state index is 12.6. The third-order valence-electron chi connectivity index (χ3n) is 3.77. The van der Waals surface area contributed by atoms with Gasteiger partial charge in [0.1, 0.15) is 0 Å². The average molecular weight is 339 g/mol. The number of esters is 1. The van der Waals surface area contributed by atoms with Crippen molar-refractivity contribution < 1.29 is 18.8 Å². The van der Waals surface area contributed by atoms with Gasteiger partial charge in [0, 0.05) is 12.1 Å². The van der Waals surface area contributed by atoms with Crippen LogP contribution >= 0.6 is 0 Å². The van der Waals surface area contributed by atoms with Crippen molar-refractivity contribution in [2.24, 2.45) is 0 Å². The molecule has 0 aliphatic carbocycles. The van der Waals surface area contributed by atoms with Gasteiger partial charge in [0.2, 0.25) is 0 Å². The summed E-state index contributed by atoms with van der Waals surface area (Å²) in [5, 5.41) is 7.18. The van der Waals surface area contributed by atoms with E-state index < -0.39 is 0 Å². The molecule has 0 radical (unpaired) electrons. The molecule has 0 bridgehead atoms. The Morgan fingerprint density at radius 2 is 2.00 bits per heavy atom. The highest BCUT2D eigenvalue weighted by atomic mass is 16.5. The van der Waals surface area contributed by atoms with Gasteiger partial charge in [-0.25, -0.2) is 4.98 Å². The van der Waals surface area contributed by atoms with Crippen LogP contribution in [0.4, 0.5) is 0 Å². The molecule has 3 rings (SSSR count). The van der Waals surface area contributed by atoms with E-state index in [-0.39, 0.29) is 24.8 Å². The van der Waals surface area contributed by atoms with E-state index in [4.69, 9.17) is 4.52 Å². The lowest BCUT2D eigenvalue weighted by Gasteiger charge is -2.08.